The minimum atomic E-state index is 0. The molecule has 1 aliphatic rings. The number of nitrogens with zero attached hydrogens (tertiary/aromatic N) is 4. The lowest BCUT2D eigenvalue weighted by molar-refractivity contribution is 0.375. The minimum absolute atomic E-state index is 0. The fourth-order valence-corrected chi connectivity index (χ4v) is 4.15. The summed E-state index contributed by atoms with van der Waals surface area (Å²) in [7, 11) is 3.51. The van der Waals surface area contributed by atoms with Crippen LogP contribution in [0.25, 0.3) is 5.69 Å². The molecule has 0 bridgehead atoms. The monoisotopic (exact) mass is 501 g/mol. The van der Waals surface area contributed by atoms with Gasteiger partial charge in [-0.25, -0.2) is 4.68 Å². The van der Waals surface area contributed by atoms with E-state index in [1.165, 1.54) is 0 Å². The van der Waals surface area contributed by atoms with Gasteiger partial charge in [-0.15, -0.1) is 24.0 Å². The predicted octanol–water partition coefficient (Wildman–Crippen LogP) is 3.40. The van der Waals surface area contributed by atoms with E-state index in [1.807, 2.05) is 60.0 Å². The normalized spacial score (nSPS) is 16.6. The van der Waals surface area contributed by atoms with Crippen LogP contribution in [0.3, 0.4) is 0 Å². The Balaban J connectivity index is 0.00000261. The molecule has 0 amide bonds. The molecular weight excluding hydrogens is 473 g/mol. The van der Waals surface area contributed by atoms with Crippen molar-refractivity contribution < 1.29 is 4.74 Å². The van der Waals surface area contributed by atoms with Gasteiger partial charge in [0.1, 0.15) is 5.75 Å². The molecule has 1 fully saturated rings. The highest BCUT2D eigenvalue weighted by Crippen LogP contribution is 2.29. The number of hydrogen-bond acceptors (Lipinski definition) is 4. The second-order valence-corrected chi connectivity index (χ2v) is 8.68. The average molecular weight is 501 g/mol. The van der Waals surface area contributed by atoms with Crippen LogP contribution in [0.4, 0.5) is 0 Å². The Labute approximate surface area is 182 Å². The molecule has 0 unspecified atom stereocenters. The zero-order chi connectivity index (χ0) is 18.6. The van der Waals surface area contributed by atoms with Gasteiger partial charge in [0.15, 0.2) is 5.96 Å². The number of rotatable bonds is 4. The van der Waals surface area contributed by atoms with Crippen LogP contribution in [-0.4, -0.2) is 58.4 Å². The van der Waals surface area contributed by atoms with Gasteiger partial charge in [-0.1, -0.05) is 0 Å². The first-order chi connectivity index (χ1) is 12.5. The van der Waals surface area contributed by atoms with Crippen molar-refractivity contribution in [3.05, 3.63) is 42.2 Å². The van der Waals surface area contributed by atoms with Gasteiger partial charge in [0.2, 0.25) is 0 Å². The highest BCUT2D eigenvalue weighted by atomic mass is 127. The fourth-order valence-electron chi connectivity index (χ4n) is 3.03. The third-order valence-corrected chi connectivity index (χ3v) is 5.64. The molecule has 27 heavy (non-hydrogen) atoms. The fraction of sp³-hybridized carbons (Fsp3) is 0.474. The highest BCUT2D eigenvalue weighted by Gasteiger charge is 2.28. The summed E-state index contributed by atoms with van der Waals surface area (Å²) >= 11 is 2.02. The summed E-state index contributed by atoms with van der Waals surface area (Å²) in [4.78, 5) is 6.78. The van der Waals surface area contributed by atoms with E-state index < -0.39 is 0 Å². The lowest BCUT2D eigenvalue weighted by Crippen LogP contribution is -2.50. The maximum Gasteiger partial charge on any atom is 0.194 e. The Morgan fingerprint density at radius 1 is 1.30 bits per heavy atom. The third kappa shape index (κ3) is 5.78. The summed E-state index contributed by atoms with van der Waals surface area (Å²) in [6, 6.07) is 9.89. The van der Waals surface area contributed by atoms with Crippen LogP contribution in [0.15, 0.2) is 41.5 Å². The number of aliphatic imine (C=N–C) groups is 1. The van der Waals surface area contributed by atoms with Crippen molar-refractivity contribution in [2.75, 3.05) is 33.0 Å². The van der Waals surface area contributed by atoms with Crippen molar-refractivity contribution in [1.82, 2.24) is 20.0 Å². The Kier molecular flexibility index (Phi) is 7.84. The van der Waals surface area contributed by atoms with Crippen LogP contribution in [0.2, 0.25) is 0 Å². The predicted molar refractivity (Wildman–Crippen MR) is 124 cm³/mol. The van der Waals surface area contributed by atoms with Gasteiger partial charge in [-0.3, -0.25) is 4.99 Å². The Morgan fingerprint density at radius 3 is 2.67 bits per heavy atom. The standard InChI is InChI=1S/C19H27N5OS.HI/c1-19(2)14-23(11-12-26-19)18(20-3)21-13-15-9-10-24(22-15)16-5-7-17(25-4)8-6-16;/h5-10H,11-14H2,1-4H3,(H,20,21);1H. The van der Waals surface area contributed by atoms with Crippen LogP contribution >= 0.6 is 35.7 Å². The van der Waals surface area contributed by atoms with E-state index in [2.05, 4.69) is 34.2 Å². The summed E-state index contributed by atoms with van der Waals surface area (Å²) in [6.45, 7) is 7.24. The molecule has 6 nitrogen and oxygen atoms in total. The molecule has 2 aromatic rings. The number of methoxy groups -OCH3 is 1. The van der Waals surface area contributed by atoms with E-state index >= 15 is 0 Å². The second kappa shape index (κ2) is 9.68. The Bertz CT molecular complexity index is 760. The van der Waals surface area contributed by atoms with Crippen LogP contribution in [0.1, 0.15) is 19.5 Å². The van der Waals surface area contributed by atoms with E-state index in [-0.39, 0.29) is 28.7 Å². The summed E-state index contributed by atoms with van der Waals surface area (Å²) < 4.78 is 7.33. The largest absolute Gasteiger partial charge is 0.497 e. The molecule has 0 radical (unpaired) electrons. The van der Waals surface area contributed by atoms with Crippen molar-refractivity contribution in [2.24, 2.45) is 4.99 Å². The quantitative estimate of drug-likeness (QED) is 0.396. The molecule has 1 saturated heterocycles. The first-order valence-electron chi connectivity index (χ1n) is 8.79. The minimum Gasteiger partial charge on any atom is -0.497 e. The smallest absolute Gasteiger partial charge is 0.194 e. The van der Waals surface area contributed by atoms with Crippen molar-refractivity contribution in [1.29, 1.82) is 0 Å². The van der Waals surface area contributed by atoms with Crippen molar-refractivity contribution >= 4 is 41.7 Å². The maximum atomic E-state index is 5.20. The van der Waals surface area contributed by atoms with Crippen molar-refractivity contribution in [2.45, 2.75) is 25.1 Å². The number of hydrogen-bond donors (Lipinski definition) is 1. The van der Waals surface area contributed by atoms with Gasteiger partial charge >= 0.3 is 0 Å². The van der Waals surface area contributed by atoms with Crippen LogP contribution in [0, 0.1) is 0 Å². The SMILES string of the molecule is CN=C(NCc1ccn(-c2ccc(OC)cc2)n1)N1CCSC(C)(C)C1.I. The van der Waals surface area contributed by atoms with E-state index in [1.54, 1.807) is 7.11 Å². The third-order valence-electron chi connectivity index (χ3n) is 4.35. The molecule has 3 rings (SSSR count). The molecule has 0 spiro atoms. The summed E-state index contributed by atoms with van der Waals surface area (Å²) in [5, 5.41) is 8.10. The van der Waals surface area contributed by atoms with Crippen LogP contribution < -0.4 is 10.1 Å². The van der Waals surface area contributed by atoms with Gasteiger partial charge < -0.3 is 15.0 Å². The number of benzene rings is 1. The topological polar surface area (TPSA) is 54.7 Å². The van der Waals surface area contributed by atoms with E-state index in [4.69, 9.17) is 4.74 Å². The molecule has 8 heteroatoms. The van der Waals surface area contributed by atoms with Crippen LogP contribution in [0.5, 0.6) is 5.75 Å². The molecule has 1 aromatic heterocycles. The van der Waals surface area contributed by atoms with Crippen molar-refractivity contribution in [3.8, 4) is 11.4 Å². The van der Waals surface area contributed by atoms with Gasteiger partial charge in [0.25, 0.3) is 0 Å². The Hall–Kier alpha value is -1.42. The highest BCUT2D eigenvalue weighted by molar-refractivity contribution is 14.0. The zero-order valence-electron chi connectivity index (χ0n) is 16.3. The van der Waals surface area contributed by atoms with Gasteiger partial charge in [0, 0.05) is 36.8 Å². The van der Waals surface area contributed by atoms with Crippen LogP contribution in [-0.2, 0) is 6.54 Å². The number of aromatic nitrogens is 2. The number of guanidine groups is 1. The van der Waals surface area contributed by atoms with Gasteiger partial charge in [-0.05, 0) is 44.2 Å². The van der Waals surface area contributed by atoms with Crippen molar-refractivity contribution in [3.63, 3.8) is 0 Å². The summed E-state index contributed by atoms with van der Waals surface area (Å²) in [5.74, 6) is 2.91. The first kappa shape index (κ1) is 21.9. The number of nitrogens with one attached hydrogen (secondary N) is 1. The number of ether oxygens (including phenoxy) is 1. The maximum absolute atomic E-state index is 5.20. The molecule has 148 valence electrons. The summed E-state index contributed by atoms with van der Waals surface area (Å²) in [6.07, 6.45) is 1.97. The number of thioether (sulfide) groups is 1. The van der Waals surface area contributed by atoms with E-state index in [0.29, 0.717) is 6.54 Å². The Morgan fingerprint density at radius 2 is 2.04 bits per heavy atom. The average Bonchev–Trinajstić information content (AvgIpc) is 3.10. The molecule has 0 atom stereocenters. The first-order valence-corrected chi connectivity index (χ1v) is 9.78. The number of halogens is 1. The molecular formula is C19H28IN5OS. The molecule has 2 heterocycles. The molecule has 1 aromatic carbocycles. The lowest BCUT2D eigenvalue weighted by atomic mass is 10.2. The second-order valence-electron chi connectivity index (χ2n) is 6.88. The lowest BCUT2D eigenvalue weighted by Gasteiger charge is -2.39. The molecule has 0 aliphatic carbocycles. The van der Waals surface area contributed by atoms with Gasteiger partial charge in [0.05, 0.1) is 25.0 Å². The molecule has 1 aliphatic heterocycles. The van der Waals surface area contributed by atoms with E-state index in [0.717, 1.165) is 41.9 Å². The van der Waals surface area contributed by atoms with E-state index in [9.17, 15) is 0 Å². The molecule has 0 saturated carbocycles. The summed E-state index contributed by atoms with van der Waals surface area (Å²) in [5.41, 5.74) is 1.99. The molecule has 1 N–H and O–H groups in total. The van der Waals surface area contributed by atoms with Gasteiger partial charge in [-0.2, -0.15) is 16.9 Å². The zero-order valence-corrected chi connectivity index (χ0v) is 19.5.